The molecule has 1 N–H and O–H groups in total. The van der Waals surface area contributed by atoms with Crippen LogP contribution in [0.1, 0.15) is 90.3 Å². The third kappa shape index (κ3) is 8.02. The van der Waals surface area contributed by atoms with Crippen molar-refractivity contribution in [1.29, 1.82) is 0 Å². The van der Waals surface area contributed by atoms with Gasteiger partial charge >= 0.3 is 6.09 Å². The number of aryl methyl sites for hydroxylation is 1. The van der Waals surface area contributed by atoms with Gasteiger partial charge in [0, 0.05) is 50.1 Å². The van der Waals surface area contributed by atoms with Crippen molar-refractivity contribution in [3.8, 4) is 10.4 Å². The topological polar surface area (TPSA) is 121 Å². The summed E-state index contributed by atoms with van der Waals surface area (Å²) < 4.78 is 10.9. The van der Waals surface area contributed by atoms with Crippen molar-refractivity contribution in [2.45, 2.75) is 91.8 Å². The van der Waals surface area contributed by atoms with Crippen molar-refractivity contribution >= 4 is 35.6 Å². The largest absolute Gasteiger partial charge is 0.444 e. The summed E-state index contributed by atoms with van der Waals surface area (Å²) >= 11 is 1.63. The van der Waals surface area contributed by atoms with Crippen molar-refractivity contribution in [3.63, 3.8) is 0 Å². The molecule has 3 atom stereocenters. The molecule has 12 heteroatoms. The number of nitrogens with one attached hydrogen (secondary N) is 1. The molecule has 0 radical (unpaired) electrons. The Kier molecular flexibility index (Phi) is 10.5. The number of amides is 3. The molecule has 1 aromatic carbocycles. The molecule has 3 aliphatic heterocycles. The molecule has 3 unspecified atom stereocenters. The summed E-state index contributed by atoms with van der Waals surface area (Å²) in [6, 6.07) is 9.82. The summed E-state index contributed by atoms with van der Waals surface area (Å²) in [7, 11) is 0. The second-order valence-electron chi connectivity index (χ2n) is 14.9. The van der Waals surface area contributed by atoms with Crippen molar-refractivity contribution in [2.75, 3.05) is 37.6 Å². The fourth-order valence-corrected chi connectivity index (χ4v) is 7.22. The Bertz CT molecular complexity index is 1560. The van der Waals surface area contributed by atoms with E-state index in [1.54, 1.807) is 21.1 Å². The first kappa shape index (κ1) is 35.4. The number of hydrogen-bond donors (Lipinski definition) is 1. The van der Waals surface area contributed by atoms with Crippen LogP contribution in [-0.2, 0) is 14.3 Å². The first-order valence-corrected chi connectivity index (χ1v) is 17.8. The molecule has 0 bridgehead atoms. The molecule has 48 heavy (non-hydrogen) atoms. The molecule has 1 spiro atoms. The van der Waals surface area contributed by atoms with Gasteiger partial charge < -0.3 is 29.3 Å². The standard InChI is InChI=1S/C18H29N3O3.C18H21N3O2S/c1-12(2)13(3)14-7-15(19-24-14)20-8-18(9-20)10-21(11-18)16(22)23-17(4,5)6;1-12(20-18(23)16-4-3-9-21(16)11-22)14-5-7-15(8-6-14)17-13(2)19-10-24-17/h7,12-13H,8-11H2,1-6H3;5-8,10-12,16H,3-4,9H2,1-2H3,(H,20,23). The second-order valence-corrected chi connectivity index (χ2v) is 15.8. The van der Waals surface area contributed by atoms with Crippen LogP contribution in [0.25, 0.3) is 10.4 Å². The van der Waals surface area contributed by atoms with Gasteiger partial charge in [-0.25, -0.2) is 9.78 Å². The third-order valence-electron chi connectivity index (χ3n) is 9.55. The van der Waals surface area contributed by atoms with Gasteiger partial charge in [0.2, 0.25) is 12.3 Å². The van der Waals surface area contributed by atoms with Gasteiger partial charge in [0.25, 0.3) is 0 Å². The highest BCUT2D eigenvalue weighted by atomic mass is 32.1. The first-order chi connectivity index (χ1) is 22.7. The molecular weight excluding hydrogens is 628 g/mol. The number of likely N-dealkylation sites (tertiary alicyclic amines) is 2. The number of carbonyl (C=O) groups is 3. The van der Waals surface area contributed by atoms with E-state index in [1.165, 1.54) is 4.88 Å². The Balaban J connectivity index is 0.000000188. The van der Waals surface area contributed by atoms with Crippen molar-refractivity contribution in [2.24, 2.45) is 11.3 Å². The van der Waals surface area contributed by atoms with Crippen LogP contribution in [0.5, 0.6) is 0 Å². The molecule has 11 nitrogen and oxygen atoms in total. The summed E-state index contributed by atoms with van der Waals surface area (Å²) in [4.78, 5) is 46.4. The van der Waals surface area contributed by atoms with E-state index < -0.39 is 5.60 Å². The number of nitrogens with zero attached hydrogens (tertiary/aromatic N) is 5. The normalized spacial score (nSPS) is 19.6. The number of thiazole rings is 1. The van der Waals surface area contributed by atoms with E-state index in [0.29, 0.717) is 18.4 Å². The van der Waals surface area contributed by atoms with E-state index in [0.717, 1.165) is 73.8 Å². The number of rotatable bonds is 8. The van der Waals surface area contributed by atoms with Crippen LogP contribution in [0, 0.1) is 18.3 Å². The number of carbonyl (C=O) groups excluding carboxylic acids is 3. The lowest BCUT2D eigenvalue weighted by Gasteiger charge is -2.59. The van der Waals surface area contributed by atoms with Crippen molar-refractivity contribution in [1.82, 2.24) is 25.3 Å². The van der Waals surface area contributed by atoms with Gasteiger partial charge in [-0.05, 0) is 64.5 Å². The summed E-state index contributed by atoms with van der Waals surface area (Å²) in [5.41, 5.74) is 4.84. The van der Waals surface area contributed by atoms with Crippen LogP contribution in [0.4, 0.5) is 10.6 Å². The minimum Gasteiger partial charge on any atom is -0.444 e. The second kappa shape index (κ2) is 14.3. The first-order valence-electron chi connectivity index (χ1n) is 16.9. The summed E-state index contributed by atoms with van der Waals surface area (Å²) in [6.07, 6.45) is 2.18. The maximum absolute atomic E-state index is 12.4. The van der Waals surface area contributed by atoms with Gasteiger partial charge in [-0.15, -0.1) is 11.3 Å². The van der Waals surface area contributed by atoms with E-state index in [1.807, 2.05) is 52.3 Å². The fraction of sp³-hybridized carbons (Fsp3) is 0.583. The highest BCUT2D eigenvalue weighted by molar-refractivity contribution is 7.13. The molecular formula is C36H50N6O5S. The van der Waals surface area contributed by atoms with Crippen molar-refractivity contribution in [3.05, 3.63) is 52.9 Å². The van der Waals surface area contributed by atoms with E-state index in [-0.39, 0.29) is 29.5 Å². The highest BCUT2D eigenvalue weighted by Crippen LogP contribution is 2.42. The van der Waals surface area contributed by atoms with Crippen LogP contribution in [0.3, 0.4) is 0 Å². The maximum atomic E-state index is 12.4. The van der Waals surface area contributed by atoms with E-state index in [9.17, 15) is 14.4 Å². The van der Waals surface area contributed by atoms with Crippen LogP contribution in [-0.4, -0.2) is 82.7 Å². The average molecular weight is 679 g/mol. The Labute approximate surface area is 288 Å². The molecule has 2 aromatic heterocycles. The summed E-state index contributed by atoms with van der Waals surface area (Å²) in [5, 5.41) is 7.23. The zero-order valence-electron chi connectivity index (χ0n) is 29.5. The van der Waals surface area contributed by atoms with E-state index >= 15 is 0 Å². The molecule has 0 saturated carbocycles. The molecule has 3 fully saturated rings. The molecule has 3 saturated heterocycles. The molecule has 260 valence electrons. The van der Waals surface area contributed by atoms with Gasteiger partial charge in [-0.2, -0.15) is 0 Å². The monoisotopic (exact) mass is 678 g/mol. The Morgan fingerprint density at radius 2 is 1.79 bits per heavy atom. The predicted octanol–water partition coefficient (Wildman–Crippen LogP) is 6.41. The van der Waals surface area contributed by atoms with Gasteiger partial charge in [0.05, 0.1) is 22.1 Å². The Morgan fingerprint density at radius 1 is 1.10 bits per heavy atom. The minimum absolute atomic E-state index is 0.0746. The molecule has 3 aromatic rings. The molecule has 6 rings (SSSR count). The number of benzene rings is 1. The number of hydrogen-bond acceptors (Lipinski definition) is 9. The minimum atomic E-state index is -0.435. The quantitative estimate of drug-likeness (QED) is 0.272. The van der Waals surface area contributed by atoms with Gasteiger partial charge in [0.1, 0.15) is 17.4 Å². The summed E-state index contributed by atoms with van der Waals surface area (Å²) in [5.74, 6) is 2.69. The Morgan fingerprint density at radius 3 is 2.38 bits per heavy atom. The lowest BCUT2D eigenvalue weighted by atomic mass is 9.73. The van der Waals surface area contributed by atoms with Crippen LogP contribution < -0.4 is 10.2 Å². The van der Waals surface area contributed by atoms with Crippen molar-refractivity contribution < 1.29 is 23.6 Å². The SMILES string of the molecule is CC(C)C(C)c1cc(N2CC3(CN(C(=O)OC(C)(C)C)C3)C2)no1.Cc1ncsc1-c1ccc(C(C)NC(=O)C2CCCN2C=O)cc1. The van der Waals surface area contributed by atoms with Crippen LogP contribution in [0.15, 0.2) is 40.4 Å². The van der Waals surface area contributed by atoms with Gasteiger partial charge in [-0.3, -0.25) is 9.59 Å². The third-order valence-corrected chi connectivity index (χ3v) is 10.5. The maximum Gasteiger partial charge on any atom is 0.410 e. The fourth-order valence-electron chi connectivity index (χ4n) is 6.41. The van der Waals surface area contributed by atoms with E-state index in [2.05, 4.69) is 59.3 Å². The molecule has 3 amide bonds. The van der Waals surface area contributed by atoms with Gasteiger partial charge in [0.15, 0.2) is 5.82 Å². The van der Waals surface area contributed by atoms with Crippen LogP contribution in [0.2, 0.25) is 0 Å². The van der Waals surface area contributed by atoms with E-state index in [4.69, 9.17) is 9.26 Å². The highest BCUT2D eigenvalue weighted by Gasteiger charge is 2.54. The number of ether oxygens (including phenoxy) is 1. The zero-order valence-corrected chi connectivity index (χ0v) is 30.3. The predicted molar refractivity (Wildman–Crippen MR) is 187 cm³/mol. The molecule has 3 aliphatic rings. The van der Waals surface area contributed by atoms with Gasteiger partial charge in [-0.1, -0.05) is 50.2 Å². The zero-order chi connectivity index (χ0) is 34.8. The lowest BCUT2D eigenvalue weighted by molar-refractivity contribution is -0.131. The molecule has 0 aliphatic carbocycles. The molecule has 5 heterocycles. The number of anilines is 1. The average Bonchev–Trinajstić information content (AvgIpc) is 3.76. The van der Waals surface area contributed by atoms with Crippen LogP contribution >= 0.6 is 11.3 Å². The number of aromatic nitrogens is 2. The lowest BCUT2D eigenvalue weighted by Crippen LogP contribution is -2.73. The summed E-state index contributed by atoms with van der Waals surface area (Å²) in [6.45, 7) is 20.2. The smallest absolute Gasteiger partial charge is 0.410 e. The Hall–Kier alpha value is -3.93.